The van der Waals surface area contributed by atoms with Crippen molar-refractivity contribution in [2.45, 2.75) is 19.1 Å². The molecule has 0 spiro atoms. The molecule has 0 heterocycles. The molecule has 6 nitrogen and oxygen atoms in total. The molecule has 2 rings (SSSR count). The van der Waals surface area contributed by atoms with Crippen LogP contribution in [0, 0.1) is 10.1 Å². The Hall–Kier alpha value is -2.44. The Morgan fingerprint density at radius 3 is 2.61 bits per heavy atom. The van der Waals surface area contributed by atoms with Gasteiger partial charge in [-0.1, -0.05) is 35.9 Å². The van der Waals surface area contributed by atoms with Crippen molar-refractivity contribution in [1.29, 1.82) is 0 Å². The normalized spacial score (nSPS) is 11.7. The molecular weight excluding hydrogens is 320 g/mol. The van der Waals surface area contributed by atoms with E-state index < -0.39 is 11.0 Å². The summed E-state index contributed by atoms with van der Waals surface area (Å²) in [6.45, 7) is 0.161. The van der Waals surface area contributed by atoms with Gasteiger partial charge in [-0.05, 0) is 23.3 Å². The largest absolute Gasteiger partial charge is 0.388 e. The maximum Gasteiger partial charge on any atom is 0.269 e. The summed E-state index contributed by atoms with van der Waals surface area (Å²) < 4.78 is 0. The molecule has 0 aliphatic heterocycles. The van der Waals surface area contributed by atoms with E-state index >= 15 is 0 Å². The van der Waals surface area contributed by atoms with Crippen LogP contribution in [0.15, 0.2) is 48.5 Å². The number of amides is 1. The molecule has 7 heteroatoms. The molecule has 23 heavy (non-hydrogen) atoms. The van der Waals surface area contributed by atoms with Crippen molar-refractivity contribution in [3.8, 4) is 0 Å². The van der Waals surface area contributed by atoms with E-state index in [9.17, 15) is 20.0 Å². The summed E-state index contributed by atoms with van der Waals surface area (Å²) in [6.07, 6.45) is -1.03. The van der Waals surface area contributed by atoms with Gasteiger partial charge in [0.05, 0.1) is 17.4 Å². The molecule has 2 N–H and O–H groups in total. The van der Waals surface area contributed by atoms with Gasteiger partial charge in [-0.25, -0.2) is 0 Å². The Bertz CT molecular complexity index is 703. The lowest BCUT2D eigenvalue weighted by molar-refractivity contribution is -0.384. The fourth-order valence-electron chi connectivity index (χ4n) is 2.03. The zero-order chi connectivity index (χ0) is 16.8. The van der Waals surface area contributed by atoms with E-state index in [-0.39, 0.29) is 24.6 Å². The van der Waals surface area contributed by atoms with Crippen molar-refractivity contribution in [3.05, 3.63) is 74.8 Å². The van der Waals surface area contributed by atoms with Crippen molar-refractivity contribution in [1.82, 2.24) is 5.32 Å². The molecule has 1 amide bonds. The second kappa shape index (κ2) is 7.71. The Morgan fingerprint density at radius 1 is 1.26 bits per heavy atom. The van der Waals surface area contributed by atoms with E-state index in [1.54, 1.807) is 36.4 Å². The zero-order valence-electron chi connectivity index (χ0n) is 12.1. The van der Waals surface area contributed by atoms with Gasteiger partial charge in [-0.15, -0.1) is 0 Å². The van der Waals surface area contributed by atoms with E-state index in [4.69, 9.17) is 11.6 Å². The number of benzene rings is 2. The molecule has 0 fully saturated rings. The molecule has 120 valence electrons. The summed E-state index contributed by atoms with van der Waals surface area (Å²) in [5, 5.41) is 23.9. The topological polar surface area (TPSA) is 92.5 Å². The summed E-state index contributed by atoms with van der Waals surface area (Å²) in [7, 11) is 0. The van der Waals surface area contributed by atoms with E-state index in [0.717, 1.165) is 0 Å². The number of non-ortho nitro benzene ring substituents is 1. The lowest BCUT2D eigenvalue weighted by atomic mass is 10.1. The second-order valence-electron chi connectivity index (χ2n) is 4.98. The predicted octanol–water partition coefficient (Wildman–Crippen LogP) is 2.99. The first-order valence-corrected chi connectivity index (χ1v) is 7.27. The first-order chi connectivity index (χ1) is 11.0. The number of nitro groups is 1. The van der Waals surface area contributed by atoms with Gasteiger partial charge in [0, 0.05) is 23.7 Å². The fourth-order valence-corrected chi connectivity index (χ4v) is 2.16. The van der Waals surface area contributed by atoms with Gasteiger partial charge in [0.15, 0.2) is 0 Å². The van der Waals surface area contributed by atoms with Gasteiger partial charge in [-0.3, -0.25) is 14.9 Å². The highest BCUT2D eigenvalue weighted by molar-refractivity contribution is 6.30. The molecule has 1 atom stereocenters. The number of carbonyl (C=O) groups excluding carboxylic acids is 1. The quantitative estimate of drug-likeness (QED) is 0.627. The third-order valence-electron chi connectivity index (χ3n) is 3.24. The Kier molecular flexibility index (Phi) is 5.67. The number of rotatable bonds is 6. The molecule has 2 aromatic carbocycles. The minimum Gasteiger partial charge on any atom is -0.388 e. The van der Waals surface area contributed by atoms with Crippen LogP contribution in [0.1, 0.15) is 23.7 Å². The third-order valence-corrected chi connectivity index (χ3v) is 3.50. The number of nitrogens with one attached hydrogen (secondary N) is 1. The van der Waals surface area contributed by atoms with Crippen LogP contribution in [0.25, 0.3) is 0 Å². The SMILES string of the molecule is O=C(C[C@@H](O)c1ccc(Cl)cc1)NCc1cccc([N+](=O)[O-])c1. The van der Waals surface area contributed by atoms with Crippen molar-refractivity contribution < 1.29 is 14.8 Å². The Morgan fingerprint density at radius 2 is 1.96 bits per heavy atom. The second-order valence-corrected chi connectivity index (χ2v) is 5.41. The van der Waals surface area contributed by atoms with Crippen LogP contribution in [0.2, 0.25) is 5.02 Å². The molecule has 0 saturated carbocycles. The highest BCUT2D eigenvalue weighted by Crippen LogP contribution is 2.19. The average molecular weight is 335 g/mol. The van der Waals surface area contributed by atoms with Crippen LogP contribution in [0.3, 0.4) is 0 Å². The van der Waals surface area contributed by atoms with Gasteiger partial charge >= 0.3 is 0 Å². The van der Waals surface area contributed by atoms with Crippen LogP contribution >= 0.6 is 11.6 Å². The predicted molar refractivity (Wildman–Crippen MR) is 86.0 cm³/mol. The molecule has 0 bridgehead atoms. The number of halogens is 1. The minimum absolute atomic E-state index is 0.0297. The molecule has 0 radical (unpaired) electrons. The molecule has 0 aliphatic rings. The first kappa shape index (κ1) is 16.9. The fraction of sp³-hybridized carbons (Fsp3) is 0.188. The van der Waals surface area contributed by atoms with Crippen LogP contribution in [-0.2, 0) is 11.3 Å². The Balaban J connectivity index is 1.88. The summed E-state index contributed by atoms with van der Waals surface area (Å²) in [6, 6.07) is 12.6. The van der Waals surface area contributed by atoms with Gasteiger partial charge in [-0.2, -0.15) is 0 Å². The number of nitrogens with zero attached hydrogens (tertiary/aromatic N) is 1. The monoisotopic (exact) mass is 334 g/mol. The maximum absolute atomic E-state index is 11.9. The summed E-state index contributed by atoms with van der Waals surface area (Å²) >= 11 is 5.77. The smallest absolute Gasteiger partial charge is 0.269 e. The molecule has 0 unspecified atom stereocenters. The lowest BCUT2D eigenvalue weighted by Crippen LogP contribution is -2.24. The molecule has 0 aliphatic carbocycles. The zero-order valence-corrected chi connectivity index (χ0v) is 12.9. The van der Waals surface area contributed by atoms with Gasteiger partial charge in [0.25, 0.3) is 5.69 Å². The summed E-state index contributed by atoms with van der Waals surface area (Å²) in [5.74, 6) is -0.348. The van der Waals surface area contributed by atoms with Gasteiger partial charge < -0.3 is 10.4 Å². The summed E-state index contributed by atoms with van der Waals surface area (Å²) in [4.78, 5) is 22.1. The van der Waals surface area contributed by atoms with Crippen LogP contribution < -0.4 is 5.32 Å². The highest BCUT2D eigenvalue weighted by atomic mass is 35.5. The number of aliphatic hydroxyl groups excluding tert-OH is 1. The van der Waals surface area contributed by atoms with Crippen molar-refractivity contribution in [2.24, 2.45) is 0 Å². The van der Waals surface area contributed by atoms with Crippen LogP contribution in [-0.4, -0.2) is 15.9 Å². The number of nitro benzene ring substituents is 1. The van der Waals surface area contributed by atoms with Gasteiger partial charge in [0.2, 0.25) is 5.91 Å². The number of carbonyl (C=O) groups is 1. The Labute approximate surface area is 137 Å². The van der Waals surface area contributed by atoms with Gasteiger partial charge in [0.1, 0.15) is 0 Å². The average Bonchev–Trinajstić information content (AvgIpc) is 2.53. The molecule has 0 aromatic heterocycles. The lowest BCUT2D eigenvalue weighted by Gasteiger charge is -2.11. The van der Waals surface area contributed by atoms with E-state index in [1.165, 1.54) is 12.1 Å². The van der Waals surface area contributed by atoms with E-state index in [2.05, 4.69) is 5.32 Å². The number of hydrogen-bond donors (Lipinski definition) is 2. The van der Waals surface area contributed by atoms with Crippen molar-refractivity contribution in [3.63, 3.8) is 0 Å². The third kappa shape index (κ3) is 5.05. The molecular formula is C16H15ClN2O4. The van der Waals surface area contributed by atoms with Crippen LogP contribution in [0.5, 0.6) is 0 Å². The van der Waals surface area contributed by atoms with Crippen molar-refractivity contribution >= 4 is 23.2 Å². The maximum atomic E-state index is 11.9. The molecule has 0 saturated heterocycles. The van der Waals surface area contributed by atoms with Crippen molar-refractivity contribution in [2.75, 3.05) is 0 Å². The molecule has 2 aromatic rings. The standard InChI is InChI=1S/C16H15ClN2O4/c17-13-6-4-12(5-7-13)15(20)9-16(21)18-10-11-2-1-3-14(8-11)19(22)23/h1-8,15,20H,9-10H2,(H,18,21)/t15-/m1/s1. The minimum atomic E-state index is -0.933. The van der Waals surface area contributed by atoms with Crippen LogP contribution in [0.4, 0.5) is 5.69 Å². The van der Waals surface area contributed by atoms with E-state index in [1.807, 2.05) is 0 Å². The number of hydrogen-bond acceptors (Lipinski definition) is 4. The number of aliphatic hydroxyl groups is 1. The summed E-state index contributed by atoms with van der Waals surface area (Å²) in [5.41, 5.74) is 1.19. The first-order valence-electron chi connectivity index (χ1n) is 6.89. The highest BCUT2D eigenvalue weighted by Gasteiger charge is 2.13. The van der Waals surface area contributed by atoms with E-state index in [0.29, 0.717) is 16.1 Å².